The fraction of sp³-hybridized carbons (Fsp3) is 0.188. The second-order valence-corrected chi connectivity index (χ2v) is 5.13. The normalized spacial score (nSPS) is 10.0. The number of esters is 1. The summed E-state index contributed by atoms with van der Waals surface area (Å²) in [7, 11) is 2.97. The van der Waals surface area contributed by atoms with Crippen molar-refractivity contribution >= 4 is 21.9 Å². The molecule has 2 aromatic carbocycles. The molecule has 0 unspecified atom stereocenters. The molecule has 110 valence electrons. The fourth-order valence-electron chi connectivity index (χ4n) is 1.80. The Bertz CT molecular complexity index is 640. The van der Waals surface area contributed by atoms with E-state index in [-0.39, 0.29) is 5.97 Å². The average Bonchev–Trinajstić information content (AvgIpc) is 2.52. The molecular weight excluding hydrogens is 336 g/mol. The van der Waals surface area contributed by atoms with Crippen molar-refractivity contribution in [3.63, 3.8) is 0 Å². The second kappa shape index (κ2) is 7.13. The summed E-state index contributed by atoms with van der Waals surface area (Å²) in [5.41, 5.74) is 1.46. The van der Waals surface area contributed by atoms with Crippen LogP contribution in [0.1, 0.15) is 15.9 Å². The first-order valence-electron chi connectivity index (χ1n) is 6.27. The highest BCUT2D eigenvalue weighted by Gasteiger charge is 2.07. The lowest BCUT2D eigenvalue weighted by molar-refractivity contribution is 0.0600. The maximum Gasteiger partial charge on any atom is 0.337 e. The minimum Gasteiger partial charge on any atom is -0.496 e. The summed E-state index contributed by atoms with van der Waals surface area (Å²) >= 11 is 3.43. The Morgan fingerprint density at radius 2 is 1.95 bits per heavy atom. The van der Waals surface area contributed by atoms with Crippen LogP contribution in [0.3, 0.4) is 0 Å². The molecule has 2 rings (SSSR count). The number of hydrogen-bond donors (Lipinski definition) is 0. The van der Waals surface area contributed by atoms with Gasteiger partial charge in [-0.1, -0.05) is 12.1 Å². The molecule has 2 aromatic rings. The number of carbonyl (C=O) groups excluding carboxylic acids is 1. The summed E-state index contributed by atoms with van der Waals surface area (Å²) in [6, 6.07) is 12.6. The number of carbonyl (C=O) groups is 1. The van der Waals surface area contributed by atoms with Gasteiger partial charge in [0.2, 0.25) is 0 Å². The van der Waals surface area contributed by atoms with Crippen molar-refractivity contribution in [2.45, 2.75) is 6.61 Å². The third-order valence-electron chi connectivity index (χ3n) is 2.88. The van der Waals surface area contributed by atoms with Gasteiger partial charge >= 0.3 is 5.97 Å². The van der Waals surface area contributed by atoms with E-state index in [0.29, 0.717) is 17.9 Å². The zero-order chi connectivity index (χ0) is 15.2. The molecule has 0 aromatic heterocycles. The van der Waals surface area contributed by atoms with E-state index in [1.165, 1.54) is 7.11 Å². The molecular formula is C16H15BrO4. The topological polar surface area (TPSA) is 44.8 Å². The molecule has 5 heteroatoms. The molecule has 0 radical (unpaired) electrons. The van der Waals surface area contributed by atoms with Gasteiger partial charge in [-0.2, -0.15) is 0 Å². The summed E-state index contributed by atoms with van der Waals surface area (Å²) in [5.74, 6) is 1.00. The van der Waals surface area contributed by atoms with Crippen LogP contribution in [0.2, 0.25) is 0 Å². The Kier molecular flexibility index (Phi) is 5.22. The maximum atomic E-state index is 11.5. The predicted octanol–water partition coefficient (Wildman–Crippen LogP) is 3.82. The summed E-state index contributed by atoms with van der Waals surface area (Å²) in [6.45, 7) is 0.396. The number of halogens is 1. The van der Waals surface area contributed by atoms with E-state index in [9.17, 15) is 4.79 Å². The van der Waals surface area contributed by atoms with Crippen LogP contribution in [0.15, 0.2) is 46.9 Å². The number of rotatable bonds is 5. The lowest BCUT2D eigenvalue weighted by atomic mass is 10.2. The largest absolute Gasteiger partial charge is 0.496 e. The molecule has 0 bridgehead atoms. The van der Waals surface area contributed by atoms with Gasteiger partial charge in [-0.25, -0.2) is 4.79 Å². The molecule has 4 nitrogen and oxygen atoms in total. The predicted molar refractivity (Wildman–Crippen MR) is 82.8 cm³/mol. The molecule has 0 N–H and O–H groups in total. The average molecular weight is 351 g/mol. The standard InChI is InChI=1S/C16H15BrO4/c1-19-15-7-6-11(8-14(15)17)10-21-13-5-3-4-12(9-13)16(18)20-2/h3-9H,10H2,1-2H3. The lowest BCUT2D eigenvalue weighted by Gasteiger charge is -2.09. The van der Waals surface area contributed by atoms with Crippen molar-refractivity contribution < 1.29 is 19.0 Å². The van der Waals surface area contributed by atoms with Crippen molar-refractivity contribution in [3.8, 4) is 11.5 Å². The van der Waals surface area contributed by atoms with Crippen LogP contribution in [-0.4, -0.2) is 20.2 Å². The fourth-order valence-corrected chi connectivity index (χ4v) is 2.39. The van der Waals surface area contributed by atoms with E-state index in [0.717, 1.165) is 15.8 Å². The van der Waals surface area contributed by atoms with Crippen molar-refractivity contribution in [2.24, 2.45) is 0 Å². The van der Waals surface area contributed by atoms with E-state index in [2.05, 4.69) is 20.7 Å². The van der Waals surface area contributed by atoms with E-state index in [1.807, 2.05) is 18.2 Å². The molecule has 0 atom stereocenters. The molecule has 0 aliphatic heterocycles. The first kappa shape index (κ1) is 15.4. The molecule has 0 aliphatic carbocycles. The van der Waals surface area contributed by atoms with Gasteiger partial charge < -0.3 is 14.2 Å². The molecule has 0 amide bonds. The molecule has 21 heavy (non-hydrogen) atoms. The third-order valence-corrected chi connectivity index (χ3v) is 3.50. The van der Waals surface area contributed by atoms with Crippen LogP contribution >= 0.6 is 15.9 Å². The van der Waals surface area contributed by atoms with Gasteiger partial charge in [0, 0.05) is 0 Å². The van der Waals surface area contributed by atoms with Crippen molar-refractivity contribution in [1.29, 1.82) is 0 Å². The van der Waals surface area contributed by atoms with Crippen molar-refractivity contribution in [3.05, 3.63) is 58.1 Å². The SMILES string of the molecule is COC(=O)c1cccc(OCc2ccc(OC)c(Br)c2)c1. The van der Waals surface area contributed by atoms with Crippen LogP contribution in [0.5, 0.6) is 11.5 Å². The van der Waals surface area contributed by atoms with Crippen LogP contribution in [0, 0.1) is 0 Å². The Morgan fingerprint density at radius 1 is 1.14 bits per heavy atom. The van der Waals surface area contributed by atoms with Crippen molar-refractivity contribution in [2.75, 3.05) is 14.2 Å². The quantitative estimate of drug-likeness (QED) is 0.769. The summed E-state index contributed by atoms with van der Waals surface area (Å²) < 4.78 is 16.4. The third kappa shape index (κ3) is 3.98. The second-order valence-electron chi connectivity index (χ2n) is 4.28. The van der Waals surface area contributed by atoms with Crippen molar-refractivity contribution in [1.82, 2.24) is 0 Å². The smallest absolute Gasteiger partial charge is 0.337 e. The summed E-state index contributed by atoms with van der Waals surface area (Å²) in [5, 5.41) is 0. The number of methoxy groups -OCH3 is 2. The van der Waals surface area contributed by atoms with Gasteiger partial charge in [0.15, 0.2) is 0 Å². The summed E-state index contributed by atoms with van der Waals surface area (Å²) in [4.78, 5) is 11.5. The van der Waals surface area contributed by atoms with Crippen LogP contribution < -0.4 is 9.47 Å². The molecule has 0 fully saturated rings. The molecule has 0 aliphatic rings. The van der Waals surface area contributed by atoms with Crippen LogP contribution in [0.4, 0.5) is 0 Å². The van der Waals surface area contributed by atoms with E-state index in [4.69, 9.17) is 9.47 Å². The molecule has 0 spiro atoms. The highest BCUT2D eigenvalue weighted by Crippen LogP contribution is 2.26. The lowest BCUT2D eigenvalue weighted by Crippen LogP contribution is -2.02. The van der Waals surface area contributed by atoms with Gasteiger partial charge in [-0.05, 0) is 51.8 Å². The maximum absolute atomic E-state index is 11.5. The highest BCUT2D eigenvalue weighted by atomic mass is 79.9. The highest BCUT2D eigenvalue weighted by molar-refractivity contribution is 9.10. The van der Waals surface area contributed by atoms with Gasteiger partial charge in [-0.15, -0.1) is 0 Å². The number of ether oxygens (including phenoxy) is 3. The Labute approximate surface area is 131 Å². The number of benzene rings is 2. The Hall–Kier alpha value is -2.01. The van der Waals surface area contributed by atoms with Crippen LogP contribution in [0.25, 0.3) is 0 Å². The minimum atomic E-state index is -0.382. The molecule has 0 saturated heterocycles. The first-order valence-corrected chi connectivity index (χ1v) is 7.07. The summed E-state index contributed by atoms with van der Waals surface area (Å²) in [6.07, 6.45) is 0. The number of hydrogen-bond acceptors (Lipinski definition) is 4. The Balaban J connectivity index is 2.06. The van der Waals surface area contributed by atoms with Gasteiger partial charge in [0.05, 0.1) is 24.3 Å². The first-order chi connectivity index (χ1) is 10.1. The minimum absolute atomic E-state index is 0.382. The van der Waals surface area contributed by atoms with Crippen LogP contribution in [-0.2, 0) is 11.3 Å². The van der Waals surface area contributed by atoms with Gasteiger partial charge in [0.25, 0.3) is 0 Å². The zero-order valence-electron chi connectivity index (χ0n) is 11.8. The molecule has 0 heterocycles. The molecule has 0 saturated carbocycles. The van der Waals surface area contributed by atoms with Gasteiger partial charge in [0.1, 0.15) is 18.1 Å². The van der Waals surface area contributed by atoms with E-state index in [1.54, 1.807) is 31.4 Å². The van der Waals surface area contributed by atoms with E-state index < -0.39 is 0 Å². The van der Waals surface area contributed by atoms with E-state index >= 15 is 0 Å². The van der Waals surface area contributed by atoms with Gasteiger partial charge in [-0.3, -0.25) is 0 Å². The monoisotopic (exact) mass is 350 g/mol. The Morgan fingerprint density at radius 3 is 2.62 bits per heavy atom. The zero-order valence-corrected chi connectivity index (χ0v) is 13.3.